The molecule has 86 valence electrons. The number of likely N-dealkylation sites (tertiary alicyclic amines) is 1. The van der Waals surface area contributed by atoms with E-state index in [0.29, 0.717) is 19.5 Å². The highest BCUT2D eigenvalue weighted by Crippen LogP contribution is 2.11. The van der Waals surface area contributed by atoms with Gasteiger partial charge >= 0.3 is 5.97 Å². The van der Waals surface area contributed by atoms with Gasteiger partial charge in [0.15, 0.2) is 0 Å². The second-order valence-electron chi connectivity index (χ2n) is 3.88. The van der Waals surface area contributed by atoms with Crippen molar-refractivity contribution in [2.24, 2.45) is 0 Å². The Hall–Kier alpha value is -1.10. The minimum Gasteiger partial charge on any atom is -0.481 e. The topological polar surface area (TPSA) is 77.8 Å². The van der Waals surface area contributed by atoms with Crippen LogP contribution in [0, 0.1) is 0 Å². The first-order valence-electron chi connectivity index (χ1n) is 5.27. The summed E-state index contributed by atoms with van der Waals surface area (Å²) < 4.78 is 0. The van der Waals surface area contributed by atoms with Crippen LogP contribution in [-0.4, -0.2) is 46.2 Å². The van der Waals surface area contributed by atoms with E-state index in [-0.39, 0.29) is 18.7 Å². The average Bonchev–Trinajstić information content (AvgIpc) is 2.17. The third-order valence-corrected chi connectivity index (χ3v) is 2.53. The first-order valence-corrected chi connectivity index (χ1v) is 5.27. The molecule has 0 unspecified atom stereocenters. The van der Waals surface area contributed by atoms with Gasteiger partial charge in [-0.2, -0.15) is 0 Å². The van der Waals surface area contributed by atoms with Crippen LogP contribution in [0.25, 0.3) is 0 Å². The number of carbonyl (C=O) groups is 2. The zero-order valence-corrected chi connectivity index (χ0v) is 8.69. The molecule has 0 saturated carbocycles. The van der Waals surface area contributed by atoms with Crippen LogP contribution in [0.15, 0.2) is 0 Å². The van der Waals surface area contributed by atoms with Crippen molar-refractivity contribution in [3.8, 4) is 0 Å². The van der Waals surface area contributed by atoms with Crippen LogP contribution in [0.3, 0.4) is 0 Å². The van der Waals surface area contributed by atoms with Crippen LogP contribution < -0.4 is 0 Å². The summed E-state index contributed by atoms with van der Waals surface area (Å²) >= 11 is 0. The first kappa shape index (κ1) is 12.0. The predicted molar refractivity (Wildman–Crippen MR) is 53.3 cm³/mol. The quantitative estimate of drug-likeness (QED) is 0.703. The van der Waals surface area contributed by atoms with Gasteiger partial charge in [0.05, 0.1) is 6.10 Å². The Labute approximate surface area is 88.7 Å². The SMILES string of the molecule is O=C(O)CCCC(=O)N1CCC[C@H](O)C1. The summed E-state index contributed by atoms with van der Waals surface area (Å²) in [7, 11) is 0. The summed E-state index contributed by atoms with van der Waals surface area (Å²) in [5.74, 6) is -0.920. The van der Waals surface area contributed by atoms with Gasteiger partial charge in [0.2, 0.25) is 5.91 Å². The fraction of sp³-hybridized carbons (Fsp3) is 0.800. The van der Waals surface area contributed by atoms with Gasteiger partial charge in [0.25, 0.3) is 0 Å². The number of hydrogen-bond acceptors (Lipinski definition) is 3. The maximum Gasteiger partial charge on any atom is 0.303 e. The lowest BCUT2D eigenvalue weighted by atomic mass is 10.1. The lowest BCUT2D eigenvalue weighted by Gasteiger charge is -2.30. The van der Waals surface area contributed by atoms with Gasteiger partial charge in [0, 0.05) is 25.9 Å². The van der Waals surface area contributed by atoms with Gasteiger partial charge in [-0.15, -0.1) is 0 Å². The second kappa shape index (κ2) is 5.70. The molecule has 0 aliphatic carbocycles. The molecule has 1 atom stereocenters. The minimum absolute atomic E-state index is 0.0299. The molecular weight excluding hydrogens is 198 g/mol. The normalized spacial score (nSPS) is 21.4. The molecule has 5 heteroatoms. The molecule has 0 aromatic carbocycles. The molecular formula is C10H17NO4. The Kier molecular flexibility index (Phi) is 4.55. The minimum atomic E-state index is -0.874. The second-order valence-corrected chi connectivity index (χ2v) is 3.88. The van der Waals surface area contributed by atoms with Crippen LogP contribution in [0.1, 0.15) is 32.1 Å². The van der Waals surface area contributed by atoms with Crippen molar-refractivity contribution >= 4 is 11.9 Å². The molecule has 0 radical (unpaired) electrons. The van der Waals surface area contributed by atoms with E-state index >= 15 is 0 Å². The molecule has 0 spiro atoms. The highest BCUT2D eigenvalue weighted by molar-refractivity contribution is 5.77. The van der Waals surface area contributed by atoms with Crippen LogP contribution >= 0.6 is 0 Å². The number of amides is 1. The number of carbonyl (C=O) groups excluding carboxylic acids is 1. The van der Waals surface area contributed by atoms with E-state index in [0.717, 1.165) is 12.8 Å². The smallest absolute Gasteiger partial charge is 0.303 e. The van der Waals surface area contributed by atoms with Crippen molar-refractivity contribution in [3.05, 3.63) is 0 Å². The number of carboxylic acid groups (broad SMARTS) is 1. The van der Waals surface area contributed by atoms with Crippen molar-refractivity contribution in [1.29, 1.82) is 0 Å². The Morgan fingerprint density at radius 3 is 2.67 bits per heavy atom. The van der Waals surface area contributed by atoms with Crippen molar-refractivity contribution in [2.75, 3.05) is 13.1 Å². The van der Waals surface area contributed by atoms with Crippen LogP contribution in [0.4, 0.5) is 0 Å². The molecule has 0 bridgehead atoms. The number of aliphatic hydroxyl groups excluding tert-OH is 1. The average molecular weight is 215 g/mol. The number of carboxylic acids is 1. The van der Waals surface area contributed by atoms with Crippen LogP contribution in [0.5, 0.6) is 0 Å². The van der Waals surface area contributed by atoms with Gasteiger partial charge in [-0.05, 0) is 19.3 Å². The molecule has 0 aromatic heterocycles. The molecule has 15 heavy (non-hydrogen) atoms. The molecule has 1 rings (SSSR count). The predicted octanol–water partition coefficient (Wildman–Crippen LogP) is 0.225. The number of hydrogen-bond donors (Lipinski definition) is 2. The Morgan fingerprint density at radius 2 is 2.07 bits per heavy atom. The summed E-state index contributed by atoms with van der Waals surface area (Å²) in [6.45, 7) is 1.08. The van der Waals surface area contributed by atoms with Gasteiger partial charge < -0.3 is 15.1 Å². The maximum absolute atomic E-state index is 11.5. The summed E-state index contributed by atoms with van der Waals surface area (Å²) in [6.07, 6.45) is 1.83. The van der Waals surface area contributed by atoms with Crippen molar-refractivity contribution < 1.29 is 19.8 Å². The van der Waals surface area contributed by atoms with Crippen LogP contribution in [-0.2, 0) is 9.59 Å². The standard InChI is InChI=1S/C10H17NO4/c12-8-3-2-6-11(7-8)9(13)4-1-5-10(14)15/h8,12H,1-7H2,(H,14,15)/t8-/m0/s1. The number of β-amino-alcohol motifs (C(OH)–C–C–N with tert-alkyl or cyclic N) is 1. The summed E-state index contributed by atoms with van der Waals surface area (Å²) in [5.41, 5.74) is 0. The fourth-order valence-electron chi connectivity index (χ4n) is 1.73. The number of rotatable bonds is 4. The Bertz CT molecular complexity index is 242. The maximum atomic E-state index is 11.5. The van der Waals surface area contributed by atoms with Gasteiger partial charge in [-0.25, -0.2) is 0 Å². The van der Waals surface area contributed by atoms with E-state index in [4.69, 9.17) is 5.11 Å². The van der Waals surface area contributed by atoms with E-state index in [1.54, 1.807) is 4.90 Å². The molecule has 1 saturated heterocycles. The van der Waals surface area contributed by atoms with E-state index in [2.05, 4.69) is 0 Å². The number of piperidine rings is 1. The largest absolute Gasteiger partial charge is 0.481 e. The van der Waals surface area contributed by atoms with E-state index in [9.17, 15) is 14.7 Å². The zero-order chi connectivity index (χ0) is 11.3. The molecule has 1 aliphatic heterocycles. The highest BCUT2D eigenvalue weighted by Gasteiger charge is 2.21. The molecule has 1 heterocycles. The summed E-state index contributed by atoms with van der Waals surface area (Å²) in [5, 5.41) is 17.8. The summed E-state index contributed by atoms with van der Waals surface area (Å²) in [4.78, 5) is 23.4. The summed E-state index contributed by atoms with van der Waals surface area (Å²) in [6, 6.07) is 0. The van der Waals surface area contributed by atoms with E-state index in [1.807, 2.05) is 0 Å². The molecule has 0 aromatic rings. The van der Waals surface area contributed by atoms with Crippen molar-refractivity contribution in [1.82, 2.24) is 4.90 Å². The number of nitrogens with zero attached hydrogens (tertiary/aromatic N) is 1. The first-order chi connectivity index (χ1) is 7.09. The molecule has 1 amide bonds. The third kappa shape index (κ3) is 4.29. The highest BCUT2D eigenvalue weighted by atomic mass is 16.4. The molecule has 5 nitrogen and oxygen atoms in total. The molecule has 1 fully saturated rings. The molecule has 2 N–H and O–H groups in total. The van der Waals surface area contributed by atoms with Gasteiger partial charge in [-0.3, -0.25) is 9.59 Å². The van der Waals surface area contributed by atoms with Gasteiger partial charge in [0.1, 0.15) is 0 Å². The third-order valence-electron chi connectivity index (χ3n) is 2.53. The number of aliphatic carboxylic acids is 1. The lowest BCUT2D eigenvalue weighted by molar-refractivity contribution is -0.137. The number of aliphatic hydroxyl groups is 1. The zero-order valence-electron chi connectivity index (χ0n) is 8.69. The van der Waals surface area contributed by atoms with E-state index in [1.165, 1.54) is 0 Å². The Balaban J connectivity index is 2.24. The van der Waals surface area contributed by atoms with Crippen molar-refractivity contribution in [2.45, 2.75) is 38.2 Å². The van der Waals surface area contributed by atoms with E-state index < -0.39 is 12.1 Å². The van der Waals surface area contributed by atoms with Crippen molar-refractivity contribution in [3.63, 3.8) is 0 Å². The lowest BCUT2D eigenvalue weighted by Crippen LogP contribution is -2.42. The monoisotopic (exact) mass is 215 g/mol. The van der Waals surface area contributed by atoms with Gasteiger partial charge in [-0.1, -0.05) is 0 Å². The fourth-order valence-corrected chi connectivity index (χ4v) is 1.73. The Morgan fingerprint density at radius 1 is 1.33 bits per heavy atom. The molecule has 1 aliphatic rings. The van der Waals surface area contributed by atoms with Crippen LogP contribution in [0.2, 0.25) is 0 Å².